The fraction of sp³-hybridized carbons (Fsp3) is 0.357. The Morgan fingerprint density at radius 3 is 2.67 bits per heavy atom. The minimum absolute atomic E-state index is 0.0655. The molecule has 96 valence electrons. The van der Waals surface area contributed by atoms with E-state index in [4.69, 9.17) is 11.6 Å². The summed E-state index contributed by atoms with van der Waals surface area (Å²) in [6, 6.07) is 7.12. The minimum Gasteiger partial charge on any atom is -0.336 e. The molecule has 0 aliphatic carbocycles. The smallest absolute Gasteiger partial charge is 0.253 e. The average Bonchev–Trinajstić information content (AvgIpc) is 2.39. The minimum atomic E-state index is 0.0655. The van der Waals surface area contributed by atoms with Crippen molar-refractivity contribution in [2.24, 2.45) is 0 Å². The zero-order chi connectivity index (χ0) is 13.0. The molecule has 3 nitrogen and oxygen atoms in total. The molecule has 1 aliphatic heterocycles. The van der Waals surface area contributed by atoms with E-state index in [0.717, 1.165) is 32.7 Å². The Balaban J connectivity index is 1.97. The summed E-state index contributed by atoms with van der Waals surface area (Å²) in [5.74, 6) is 0.0655. The quantitative estimate of drug-likeness (QED) is 0.782. The third-order valence-electron chi connectivity index (χ3n) is 3.12. The fourth-order valence-electron chi connectivity index (χ4n) is 2.12. The van der Waals surface area contributed by atoms with E-state index in [9.17, 15) is 4.79 Å². The second-order valence-electron chi connectivity index (χ2n) is 4.39. The van der Waals surface area contributed by atoms with Gasteiger partial charge in [-0.15, -0.1) is 6.58 Å². The van der Waals surface area contributed by atoms with E-state index in [1.165, 1.54) is 0 Å². The number of halogens is 1. The SMILES string of the molecule is C=CCN1CCN(C(=O)c2cccc(Cl)c2)CC1. The Morgan fingerprint density at radius 1 is 1.33 bits per heavy atom. The third-order valence-corrected chi connectivity index (χ3v) is 3.35. The van der Waals surface area contributed by atoms with Gasteiger partial charge in [-0.05, 0) is 18.2 Å². The molecular weight excluding hydrogens is 248 g/mol. The van der Waals surface area contributed by atoms with Crippen LogP contribution in [0.5, 0.6) is 0 Å². The third kappa shape index (κ3) is 3.12. The molecule has 1 heterocycles. The predicted octanol–water partition coefficient (Wildman–Crippen LogP) is 2.28. The molecular formula is C14H17ClN2O. The first kappa shape index (κ1) is 13.1. The second-order valence-corrected chi connectivity index (χ2v) is 4.83. The van der Waals surface area contributed by atoms with E-state index in [1.54, 1.807) is 12.1 Å². The van der Waals surface area contributed by atoms with Crippen molar-refractivity contribution in [3.8, 4) is 0 Å². The molecule has 0 N–H and O–H groups in total. The first-order valence-corrected chi connectivity index (χ1v) is 6.46. The van der Waals surface area contributed by atoms with E-state index < -0.39 is 0 Å². The van der Waals surface area contributed by atoms with Crippen LogP contribution < -0.4 is 0 Å². The van der Waals surface area contributed by atoms with Crippen LogP contribution >= 0.6 is 11.6 Å². The first-order valence-electron chi connectivity index (χ1n) is 6.09. The highest BCUT2D eigenvalue weighted by atomic mass is 35.5. The molecule has 4 heteroatoms. The summed E-state index contributed by atoms with van der Waals surface area (Å²) in [5.41, 5.74) is 0.666. The van der Waals surface area contributed by atoms with Gasteiger partial charge in [-0.25, -0.2) is 0 Å². The maximum Gasteiger partial charge on any atom is 0.253 e. The van der Waals surface area contributed by atoms with Crippen molar-refractivity contribution in [1.82, 2.24) is 9.80 Å². The van der Waals surface area contributed by atoms with E-state index in [0.29, 0.717) is 10.6 Å². The second kappa shape index (κ2) is 6.03. The van der Waals surface area contributed by atoms with Gasteiger partial charge in [-0.2, -0.15) is 0 Å². The van der Waals surface area contributed by atoms with Crippen LogP contribution in [0.3, 0.4) is 0 Å². The van der Waals surface area contributed by atoms with Crippen molar-refractivity contribution in [3.05, 3.63) is 47.5 Å². The number of hydrogen-bond acceptors (Lipinski definition) is 2. The van der Waals surface area contributed by atoms with Gasteiger partial charge in [0.25, 0.3) is 5.91 Å². The van der Waals surface area contributed by atoms with Crippen LogP contribution in [0.15, 0.2) is 36.9 Å². The standard InChI is InChI=1S/C14H17ClN2O/c1-2-6-16-7-9-17(10-8-16)14(18)12-4-3-5-13(15)11-12/h2-5,11H,1,6-10H2. The van der Waals surface area contributed by atoms with Crippen molar-refractivity contribution < 1.29 is 4.79 Å². The van der Waals surface area contributed by atoms with Crippen molar-refractivity contribution >= 4 is 17.5 Å². The molecule has 1 aliphatic rings. The Labute approximate surface area is 113 Å². The van der Waals surface area contributed by atoms with Crippen molar-refractivity contribution in [2.75, 3.05) is 32.7 Å². The van der Waals surface area contributed by atoms with Gasteiger partial charge in [-0.1, -0.05) is 23.7 Å². The number of amides is 1. The molecule has 1 amide bonds. The Morgan fingerprint density at radius 2 is 2.06 bits per heavy atom. The molecule has 0 unspecified atom stereocenters. The highest BCUT2D eigenvalue weighted by Crippen LogP contribution is 2.14. The van der Waals surface area contributed by atoms with Crippen LogP contribution in [0, 0.1) is 0 Å². The number of carbonyl (C=O) groups is 1. The highest BCUT2D eigenvalue weighted by Gasteiger charge is 2.21. The first-order chi connectivity index (χ1) is 8.70. The van der Waals surface area contributed by atoms with Gasteiger partial charge < -0.3 is 4.90 Å². The molecule has 0 spiro atoms. The lowest BCUT2D eigenvalue weighted by molar-refractivity contribution is 0.0650. The largest absolute Gasteiger partial charge is 0.336 e. The molecule has 1 aromatic rings. The molecule has 1 saturated heterocycles. The van der Waals surface area contributed by atoms with Crippen molar-refractivity contribution in [3.63, 3.8) is 0 Å². The van der Waals surface area contributed by atoms with Crippen LogP contribution in [0.25, 0.3) is 0 Å². The maximum atomic E-state index is 12.2. The molecule has 0 atom stereocenters. The summed E-state index contributed by atoms with van der Waals surface area (Å²) in [7, 11) is 0. The van der Waals surface area contributed by atoms with Crippen molar-refractivity contribution in [1.29, 1.82) is 0 Å². The summed E-state index contributed by atoms with van der Waals surface area (Å²) in [5, 5.41) is 0.603. The predicted molar refractivity (Wildman–Crippen MR) is 74.0 cm³/mol. The normalized spacial score (nSPS) is 16.6. The molecule has 1 fully saturated rings. The van der Waals surface area contributed by atoms with Gasteiger partial charge in [-0.3, -0.25) is 9.69 Å². The van der Waals surface area contributed by atoms with E-state index in [-0.39, 0.29) is 5.91 Å². The van der Waals surface area contributed by atoms with Crippen LogP contribution in [-0.4, -0.2) is 48.4 Å². The summed E-state index contributed by atoms with van der Waals surface area (Å²) in [6.07, 6.45) is 1.90. The molecule has 1 aromatic carbocycles. The van der Waals surface area contributed by atoms with Crippen LogP contribution in [0.1, 0.15) is 10.4 Å². The summed E-state index contributed by atoms with van der Waals surface area (Å²) < 4.78 is 0. The number of carbonyl (C=O) groups excluding carboxylic acids is 1. The molecule has 0 bridgehead atoms. The summed E-state index contributed by atoms with van der Waals surface area (Å²) in [4.78, 5) is 16.4. The molecule has 0 saturated carbocycles. The zero-order valence-corrected chi connectivity index (χ0v) is 11.1. The topological polar surface area (TPSA) is 23.6 Å². The van der Waals surface area contributed by atoms with E-state index in [1.807, 2.05) is 23.1 Å². The van der Waals surface area contributed by atoms with Crippen LogP contribution in [0.4, 0.5) is 0 Å². The van der Waals surface area contributed by atoms with E-state index >= 15 is 0 Å². The molecule has 0 radical (unpaired) electrons. The number of piperazine rings is 1. The molecule has 2 rings (SSSR count). The Bertz CT molecular complexity index is 439. The van der Waals surface area contributed by atoms with Gasteiger partial charge in [0.1, 0.15) is 0 Å². The Hall–Kier alpha value is -1.32. The lowest BCUT2D eigenvalue weighted by Crippen LogP contribution is -2.48. The highest BCUT2D eigenvalue weighted by molar-refractivity contribution is 6.30. The fourth-order valence-corrected chi connectivity index (χ4v) is 2.31. The van der Waals surface area contributed by atoms with Gasteiger partial charge in [0, 0.05) is 43.3 Å². The Kier molecular flexibility index (Phi) is 4.39. The maximum absolute atomic E-state index is 12.2. The van der Waals surface area contributed by atoms with Crippen molar-refractivity contribution in [2.45, 2.75) is 0 Å². The molecule has 0 aromatic heterocycles. The van der Waals surface area contributed by atoms with Gasteiger partial charge in [0.05, 0.1) is 0 Å². The lowest BCUT2D eigenvalue weighted by Gasteiger charge is -2.34. The van der Waals surface area contributed by atoms with Gasteiger partial charge in [0.15, 0.2) is 0 Å². The monoisotopic (exact) mass is 264 g/mol. The van der Waals surface area contributed by atoms with Gasteiger partial charge >= 0.3 is 0 Å². The van der Waals surface area contributed by atoms with Crippen LogP contribution in [-0.2, 0) is 0 Å². The summed E-state index contributed by atoms with van der Waals surface area (Å²) in [6.45, 7) is 7.95. The summed E-state index contributed by atoms with van der Waals surface area (Å²) >= 11 is 5.90. The van der Waals surface area contributed by atoms with Crippen LogP contribution in [0.2, 0.25) is 5.02 Å². The number of rotatable bonds is 3. The number of benzene rings is 1. The number of nitrogens with zero attached hydrogens (tertiary/aromatic N) is 2. The van der Waals surface area contributed by atoms with Gasteiger partial charge in [0.2, 0.25) is 0 Å². The zero-order valence-electron chi connectivity index (χ0n) is 10.3. The lowest BCUT2D eigenvalue weighted by atomic mass is 10.2. The van der Waals surface area contributed by atoms with E-state index in [2.05, 4.69) is 11.5 Å². The number of hydrogen-bond donors (Lipinski definition) is 0. The average molecular weight is 265 g/mol. The molecule has 18 heavy (non-hydrogen) atoms.